The van der Waals surface area contributed by atoms with Crippen molar-refractivity contribution in [1.82, 2.24) is 10.2 Å². The fraction of sp³-hybridized carbons (Fsp3) is 0.500. The van der Waals surface area contributed by atoms with Gasteiger partial charge >= 0.3 is 0 Å². The lowest BCUT2D eigenvalue weighted by Gasteiger charge is -2.17. The number of carbonyl (C=O) groups excluding carboxylic acids is 1. The van der Waals surface area contributed by atoms with Crippen LogP contribution in [-0.4, -0.2) is 42.6 Å². The Balaban J connectivity index is 2.10. The van der Waals surface area contributed by atoms with Crippen LogP contribution in [-0.2, 0) is 0 Å². The van der Waals surface area contributed by atoms with Crippen LogP contribution in [0.4, 0.5) is 0 Å². The molecule has 98 valence electrons. The number of aromatic hydroxyl groups is 1. The summed E-state index contributed by atoms with van der Waals surface area (Å²) < 4.78 is 0. The Morgan fingerprint density at radius 1 is 1.56 bits per heavy atom. The number of hydrogen-bond acceptors (Lipinski definition) is 3. The van der Waals surface area contributed by atoms with Crippen molar-refractivity contribution in [3.8, 4) is 5.75 Å². The first kappa shape index (κ1) is 12.9. The summed E-state index contributed by atoms with van der Waals surface area (Å²) in [6.45, 7) is 4.40. The molecule has 0 bridgehead atoms. The van der Waals surface area contributed by atoms with Crippen molar-refractivity contribution in [2.45, 2.75) is 13.3 Å². The van der Waals surface area contributed by atoms with E-state index in [-0.39, 0.29) is 11.7 Å². The molecule has 4 nitrogen and oxygen atoms in total. The number of carbonyl (C=O) groups is 1. The van der Waals surface area contributed by atoms with Gasteiger partial charge in [-0.2, -0.15) is 0 Å². The maximum atomic E-state index is 12.3. The molecule has 1 atom stereocenters. The number of hydrogen-bond donors (Lipinski definition) is 2. The first-order chi connectivity index (χ1) is 8.61. The van der Waals surface area contributed by atoms with Crippen molar-refractivity contribution in [2.24, 2.45) is 5.92 Å². The highest BCUT2D eigenvalue weighted by Gasteiger charge is 2.27. The Bertz CT molecular complexity index is 445. The van der Waals surface area contributed by atoms with Gasteiger partial charge in [-0.25, -0.2) is 0 Å². The molecule has 1 aliphatic heterocycles. The first-order valence-electron chi connectivity index (χ1n) is 6.35. The van der Waals surface area contributed by atoms with Crippen LogP contribution in [0.5, 0.6) is 5.75 Å². The molecular formula is C14H20N2O2. The molecule has 1 heterocycles. The molecule has 2 rings (SSSR count). The fourth-order valence-electron chi connectivity index (χ4n) is 2.46. The van der Waals surface area contributed by atoms with Crippen LogP contribution >= 0.6 is 0 Å². The molecule has 0 aliphatic carbocycles. The van der Waals surface area contributed by atoms with Gasteiger partial charge in [0.05, 0.1) is 5.56 Å². The van der Waals surface area contributed by atoms with Crippen molar-refractivity contribution >= 4 is 5.91 Å². The number of nitrogens with zero attached hydrogens (tertiary/aromatic N) is 1. The zero-order chi connectivity index (χ0) is 13.1. The van der Waals surface area contributed by atoms with E-state index in [1.54, 1.807) is 18.2 Å². The van der Waals surface area contributed by atoms with Gasteiger partial charge < -0.3 is 15.3 Å². The highest BCUT2D eigenvalue weighted by Crippen LogP contribution is 2.23. The topological polar surface area (TPSA) is 52.6 Å². The van der Waals surface area contributed by atoms with Crippen LogP contribution in [0.15, 0.2) is 18.2 Å². The summed E-state index contributed by atoms with van der Waals surface area (Å²) in [7, 11) is 1.93. The standard InChI is InChI=1S/C14H20N2O2/c1-10-3-4-13(17)12(7-10)14(18)16-6-5-11(9-16)8-15-2/h3-4,7,11,15,17H,5-6,8-9H2,1-2H3. The Labute approximate surface area is 108 Å². The number of phenols is 1. The molecule has 0 spiro atoms. The fourth-order valence-corrected chi connectivity index (χ4v) is 2.46. The zero-order valence-electron chi connectivity index (χ0n) is 10.9. The Kier molecular flexibility index (Phi) is 3.87. The summed E-state index contributed by atoms with van der Waals surface area (Å²) in [4.78, 5) is 14.1. The van der Waals surface area contributed by atoms with Crippen LogP contribution < -0.4 is 5.32 Å². The predicted molar refractivity (Wildman–Crippen MR) is 70.8 cm³/mol. The molecule has 0 aromatic heterocycles. The van der Waals surface area contributed by atoms with Gasteiger partial charge in [-0.1, -0.05) is 11.6 Å². The normalized spacial score (nSPS) is 19.2. The summed E-state index contributed by atoms with van der Waals surface area (Å²) in [6.07, 6.45) is 1.03. The van der Waals surface area contributed by atoms with Crippen LogP contribution in [0.1, 0.15) is 22.3 Å². The predicted octanol–water partition coefficient (Wildman–Crippen LogP) is 1.38. The van der Waals surface area contributed by atoms with E-state index in [1.807, 2.05) is 18.9 Å². The number of rotatable bonds is 3. The van der Waals surface area contributed by atoms with Crippen LogP contribution in [0.2, 0.25) is 0 Å². The third kappa shape index (κ3) is 2.64. The van der Waals surface area contributed by atoms with Crippen molar-refractivity contribution in [2.75, 3.05) is 26.7 Å². The average molecular weight is 248 g/mol. The van der Waals surface area contributed by atoms with E-state index in [0.29, 0.717) is 11.5 Å². The molecule has 0 radical (unpaired) electrons. The van der Waals surface area contributed by atoms with Crippen molar-refractivity contribution in [1.29, 1.82) is 0 Å². The largest absolute Gasteiger partial charge is 0.507 e. The minimum atomic E-state index is -0.0604. The number of benzene rings is 1. The van der Waals surface area contributed by atoms with Gasteiger partial charge in [-0.15, -0.1) is 0 Å². The van der Waals surface area contributed by atoms with E-state index < -0.39 is 0 Å². The second kappa shape index (κ2) is 5.40. The van der Waals surface area contributed by atoms with E-state index in [9.17, 15) is 9.90 Å². The number of nitrogens with one attached hydrogen (secondary N) is 1. The summed E-state index contributed by atoms with van der Waals surface area (Å²) in [6, 6.07) is 5.15. The molecule has 1 aliphatic rings. The van der Waals surface area contributed by atoms with E-state index >= 15 is 0 Å². The molecule has 4 heteroatoms. The third-order valence-electron chi connectivity index (χ3n) is 3.45. The van der Waals surface area contributed by atoms with Crippen LogP contribution in [0.3, 0.4) is 0 Å². The smallest absolute Gasteiger partial charge is 0.257 e. The summed E-state index contributed by atoms with van der Waals surface area (Å²) >= 11 is 0. The van der Waals surface area contributed by atoms with Crippen molar-refractivity contribution < 1.29 is 9.90 Å². The monoisotopic (exact) mass is 248 g/mol. The maximum absolute atomic E-state index is 12.3. The van der Waals surface area contributed by atoms with Gasteiger partial charge in [-0.05, 0) is 45.0 Å². The molecular weight excluding hydrogens is 228 g/mol. The summed E-state index contributed by atoms with van der Waals surface area (Å²) in [5.41, 5.74) is 1.40. The molecule has 2 N–H and O–H groups in total. The van der Waals surface area contributed by atoms with Gasteiger partial charge in [0.15, 0.2) is 0 Å². The minimum Gasteiger partial charge on any atom is -0.507 e. The summed E-state index contributed by atoms with van der Waals surface area (Å²) in [5, 5.41) is 12.9. The molecule has 1 aromatic carbocycles. The molecule has 18 heavy (non-hydrogen) atoms. The molecule has 1 aromatic rings. The number of likely N-dealkylation sites (tertiary alicyclic amines) is 1. The lowest BCUT2D eigenvalue weighted by Crippen LogP contribution is -2.30. The Hall–Kier alpha value is -1.55. The van der Waals surface area contributed by atoms with E-state index in [2.05, 4.69) is 5.32 Å². The van der Waals surface area contributed by atoms with Crippen molar-refractivity contribution in [3.63, 3.8) is 0 Å². The number of amides is 1. The number of aryl methyl sites for hydroxylation is 1. The van der Waals surface area contributed by atoms with Gasteiger partial charge in [0, 0.05) is 13.1 Å². The number of phenolic OH excluding ortho intramolecular Hbond substituents is 1. The maximum Gasteiger partial charge on any atom is 0.257 e. The lowest BCUT2D eigenvalue weighted by molar-refractivity contribution is 0.0784. The summed E-state index contributed by atoms with van der Waals surface area (Å²) in [5.74, 6) is 0.531. The van der Waals surface area contributed by atoms with Crippen LogP contribution in [0.25, 0.3) is 0 Å². The average Bonchev–Trinajstić information content (AvgIpc) is 2.80. The quantitative estimate of drug-likeness (QED) is 0.849. The first-order valence-corrected chi connectivity index (χ1v) is 6.35. The van der Waals surface area contributed by atoms with Crippen molar-refractivity contribution in [3.05, 3.63) is 29.3 Å². The van der Waals surface area contributed by atoms with E-state index in [1.165, 1.54) is 0 Å². The SMILES string of the molecule is CNCC1CCN(C(=O)c2cc(C)ccc2O)C1. The second-order valence-electron chi connectivity index (χ2n) is 4.98. The second-order valence-corrected chi connectivity index (χ2v) is 4.98. The third-order valence-corrected chi connectivity index (χ3v) is 3.45. The lowest BCUT2D eigenvalue weighted by atomic mass is 10.1. The minimum absolute atomic E-state index is 0.0604. The van der Waals surface area contributed by atoms with E-state index in [0.717, 1.165) is 31.6 Å². The van der Waals surface area contributed by atoms with Gasteiger partial charge in [-0.3, -0.25) is 4.79 Å². The van der Waals surface area contributed by atoms with Gasteiger partial charge in [0.1, 0.15) is 5.75 Å². The van der Waals surface area contributed by atoms with Crippen LogP contribution in [0, 0.1) is 12.8 Å². The highest BCUT2D eigenvalue weighted by molar-refractivity contribution is 5.97. The van der Waals surface area contributed by atoms with Gasteiger partial charge in [0.2, 0.25) is 0 Å². The van der Waals surface area contributed by atoms with E-state index in [4.69, 9.17) is 0 Å². The molecule has 1 amide bonds. The molecule has 1 saturated heterocycles. The zero-order valence-corrected chi connectivity index (χ0v) is 10.9. The highest BCUT2D eigenvalue weighted by atomic mass is 16.3. The molecule has 1 fully saturated rings. The molecule has 1 unspecified atom stereocenters. The Morgan fingerprint density at radius 2 is 2.33 bits per heavy atom. The molecule has 0 saturated carbocycles. The Morgan fingerprint density at radius 3 is 3.06 bits per heavy atom. The van der Waals surface area contributed by atoms with Gasteiger partial charge in [0.25, 0.3) is 5.91 Å².